The smallest absolute Gasteiger partial charge is 0.0900 e. The van der Waals surface area contributed by atoms with Gasteiger partial charge in [-0.2, -0.15) is 0 Å². The minimum absolute atomic E-state index is 0.892. The molecule has 0 saturated carbocycles. The van der Waals surface area contributed by atoms with Crippen LogP contribution in [0.4, 0.5) is 0 Å². The lowest BCUT2D eigenvalue weighted by molar-refractivity contribution is 1.28. The second-order valence-corrected chi connectivity index (χ2v) is 6.51. The summed E-state index contributed by atoms with van der Waals surface area (Å²) in [6.45, 7) is 0. The van der Waals surface area contributed by atoms with Gasteiger partial charge in [0.05, 0.1) is 16.9 Å². The van der Waals surface area contributed by atoms with E-state index >= 15 is 0 Å². The summed E-state index contributed by atoms with van der Waals surface area (Å²) in [6.07, 6.45) is 5.55. The third kappa shape index (κ3) is 1.99. The van der Waals surface area contributed by atoms with E-state index in [1.165, 1.54) is 20.2 Å². The summed E-state index contributed by atoms with van der Waals surface area (Å²) < 4.78 is 2.53. The van der Waals surface area contributed by atoms with E-state index in [1.54, 1.807) is 17.5 Å². The molecule has 5 aromatic rings. The molecule has 4 heterocycles. The van der Waals surface area contributed by atoms with Gasteiger partial charge in [0.15, 0.2) is 0 Å². The quantitative estimate of drug-likeness (QED) is 0.434. The molecule has 0 amide bonds. The zero-order valence-electron chi connectivity index (χ0n) is 12.1. The van der Waals surface area contributed by atoms with Gasteiger partial charge >= 0.3 is 0 Å². The fraction of sp³-hybridized carbons (Fsp3) is 0. The Morgan fingerprint density at radius 2 is 1.74 bits per heavy atom. The molecule has 0 bridgehead atoms. The highest BCUT2D eigenvalue weighted by molar-refractivity contribution is 7.25. The van der Waals surface area contributed by atoms with Gasteiger partial charge in [-0.3, -0.25) is 9.97 Å². The number of fused-ring (bicyclic) bond motifs is 4. The van der Waals surface area contributed by atoms with Gasteiger partial charge in [0.1, 0.15) is 0 Å². The van der Waals surface area contributed by atoms with Crippen molar-refractivity contribution in [3.05, 3.63) is 67.1 Å². The lowest BCUT2D eigenvalue weighted by atomic mass is 10.1. The van der Waals surface area contributed by atoms with Crippen molar-refractivity contribution in [1.82, 2.24) is 15.0 Å². The largest absolute Gasteiger partial charge is 0.264 e. The molecule has 0 unspecified atom stereocenters. The monoisotopic (exact) mass is 313 g/mol. The molecule has 108 valence electrons. The highest BCUT2D eigenvalue weighted by Crippen LogP contribution is 2.34. The van der Waals surface area contributed by atoms with Gasteiger partial charge in [-0.15, -0.1) is 11.3 Å². The van der Waals surface area contributed by atoms with Crippen LogP contribution in [-0.2, 0) is 0 Å². The second kappa shape index (κ2) is 4.83. The van der Waals surface area contributed by atoms with Crippen LogP contribution >= 0.6 is 11.3 Å². The third-order valence-electron chi connectivity index (χ3n) is 4.02. The molecule has 5 rings (SSSR count). The first kappa shape index (κ1) is 12.7. The average molecular weight is 313 g/mol. The van der Waals surface area contributed by atoms with E-state index < -0.39 is 0 Å². The zero-order valence-corrected chi connectivity index (χ0v) is 12.9. The van der Waals surface area contributed by atoms with Crippen molar-refractivity contribution < 1.29 is 0 Å². The number of hydrogen-bond donors (Lipinski definition) is 0. The Labute approximate surface area is 136 Å². The topological polar surface area (TPSA) is 38.7 Å². The van der Waals surface area contributed by atoms with Crippen molar-refractivity contribution in [2.45, 2.75) is 0 Å². The standard InChI is InChI=1S/C19H11N3S/c1-2-4-18-13(3-1)14-11-21-17(9-19(14)23-18)16-6-5-12-10-20-8-7-15(12)22-16/h1-11H. The van der Waals surface area contributed by atoms with Crippen LogP contribution in [0.2, 0.25) is 0 Å². The molecule has 0 radical (unpaired) electrons. The second-order valence-electron chi connectivity index (χ2n) is 5.43. The van der Waals surface area contributed by atoms with Crippen LogP contribution in [0.25, 0.3) is 42.5 Å². The van der Waals surface area contributed by atoms with E-state index in [9.17, 15) is 0 Å². The Morgan fingerprint density at radius 3 is 2.74 bits per heavy atom. The van der Waals surface area contributed by atoms with Crippen LogP contribution in [0.5, 0.6) is 0 Å². The summed E-state index contributed by atoms with van der Waals surface area (Å²) in [6, 6.07) is 16.6. The van der Waals surface area contributed by atoms with Crippen molar-refractivity contribution in [2.75, 3.05) is 0 Å². The summed E-state index contributed by atoms with van der Waals surface area (Å²) in [5.74, 6) is 0. The maximum absolute atomic E-state index is 4.71. The molecule has 3 nitrogen and oxygen atoms in total. The molecule has 0 fully saturated rings. The Hall–Kier alpha value is -2.85. The lowest BCUT2D eigenvalue weighted by Gasteiger charge is -2.02. The molecule has 4 heteroatoms. The summed E-state index contributed by atoms with van der Waals surface area (Å²) in [5.41, 5.74) is 2.74. The lowest BCUT2D eigenvalue weighted by Crippen LogP contribution is -1.88. The van der Waals surface area contributed by atoms with Gasteiger partial charge in [0.2, 0.25) is 0 Å². The SMILES string of the molecule is c1ccc2c(c1)sc1cc(-c3ccc4cnccc4n3)ncc12. The minimum Gasteiger partial charge on any atom is -0.264 e. The molecule has 0 N–H and O–H groups in total. The van der Waals surface area contributed by atoms with Gasteiger partial charge in [-0.25, -0.2) is 4.98 Å². The molecule has 0 atom stereocenters. The van der Waals surface area contributed by atoms with Crippen LogP contribution in [0, 0.1) is 0 Å². The highest BCUT2D eigenvalue weighted by Gasteiger charge is 2.08. The summed E-state index contributed by atoms with van der Waals surface area (Å²) in [4.78, 5) is 13.5. The van der Waals surface area contributed by atoms with E-state index in [4.69, 9.17) is 4.98 Å². The molecule has 4 aromatic heterocycles. The van der Waals surface area contributed by atoms with Crippen molar-refractivity contribution in [3.8, 4) is 11.4 Å². The van der Waals surface area contributed by atoms with E-state index in [0.717, 1.165) is 22.3 Å². The highest BCUT2D eigenvalue weighted by atomic mass is 32.1. The van der Waals surface area contributed by atoms with Gasteiger partial charge in [0.25, 0.3) is 0 Å². The molecule has 0 saturated heterocycles. The Kier molecular flexibility index (Phi) is 2.66. The van der Waals surface area contributed by atoms with Crippen LogP contribution in [0.3, 0.4) is 0 Å². The van der Waals surface area contributed by atoms with E-state index in [-0.39, 0.29) is 0 Å². The summed E-state index contributed by atoms with van der Waals surface area (Å²) in [5, 5.41) is 3.52. The molecule has 23 heavy (non-hydrogen) atoms. The molecular weight excluding hydrogens is 302 g/mol. The number of thiophene rings is 1. The van der Waals surface area contributed by atoms with Gasteiger partial charge < -0.3 is 0 Å². The maximum atomic E-state index is 4.71. The maximum Gasteiger partial charge on any atom is 0.0900 e. The number of pyridine rings is 3. The number of aromatic nitrogens is 3. The Balaban J connectivity index is 1.73. The van der Waals surface area contributed by atoms with Gasteiger partial charge in [-0.05, 0) is 30.3 Å². The first-order valence-electron chi connectivity index (χ1n) is 7.37. The molecule has 0 spiro atoms. The third-order valence-corrected chi connectivity index (χ3v) is 5.15. The predicted molar refractivity (Wildman–Crippen MR) is 95.7 cm³/mol. The van der Waals surface area contributed by atoms with Gasteiger partial charge in [-0.1, -0.05) is 18.2 Å². The van der Waals surface area contributed by atoms with E-state index in [1.807, 2.05) is 30.6 Å². The van der Waals surface area contributed by atoms with Gasteiger partial charge in [0, 0.05) is 44.1 Å². The number of nitrogens with zero attached hydrogens (tertiary/aromatic N) is 3. The predicted octanol–water partition coefficient (Wildman–Crippen LogP) is 5.06. The zero-order chi connectivity index (χ0) is 15.2. The van der Waals surface area contributed by atoms with Crippen LogP contribution in [0.1, 0.15) is 0 Å². The van der Waals surface area contributed by atoms with Crippen LogP contribution in [0.15, 0.2) is 67.1 Å². The van der Waals surface area contributed by atoms with E-state index in [0.29, 0.717) is 0 Å². The van der Waals surface area contributed by atoms with Crippen LogP contribution < -0.4 is 0 Å². The molecule has 0 aliphatic heterocycles. The van der Waals surface area contributed by atoms with E-state index in [2.05, 4.69) is 40.3 Å². The van der Waals surface area contributed by atoms with Crippen molar-refractivity contribution in [2.24, 2.45) is 0 Å². The molecule has 0 aliphatic carbocycles. The molecule has 1 aromatic carbocycles. The Bertz CT molecular complexity index is 1180. The Morgan fingerprint density at radius 1 is 0.783 bits per heavy atom. The number of rotatable bonds is 1. The van der Waals surface area contributed by atoms with Crippen molar-refractivity contribution in [3.63, 3.8) is 0 Å². The van der Waals surface area contributed by atoms with Crippen LogP contribution in [-0.4, -0.2) is 15.0 Å². The molecular formula is C19H11N3S. The number of hydrogen-bond acceptors (Lipinski definition) is 4. The molecule has 0 aliphatic rings. The summed E-state index contributed by atoms with van der Waals surface area (Å²) in [7, 11) is 0. The fourth-order valence-electron chi connectivity index (χ4n) is 2.87. The minimum atomic E-state index is 0.892. The summed E-state index contributed by atoms with van der Waals surface area (Å²) >= 11 is 1.80. The van der Waals surface area contributed by atoms with Crippen molar-refractivity contribution in [1.29, 1.82) is 0 Å². The first-order valence-corrected chi connectivity index (χ1v) is 8.18. The number of benzene rings is 1. The normalized spacial score (nSPS) is 11.5. The average Bonchev–Trinajstić information content (AvgIpc) is 2.99. The van der Waals surface area contributed by atoms with Crippen molar-refractivity contribution >= 4 is 42.4 Å². The first-order chi connectivity index (χ1) is 11.4. The fourth-order valence-corrected chi connectivity index (χ4v) is 3.98.